The minimum Gasteiger partial charge on any atom is -0.350 e. The topological polar surface area (TPSA) is 88.2 Å². The van der Waals surface area contributed by atoms with Gasteiger partial charge >= 0.3 is 0 Å². The fourth-order valence-corrected chi connectivity index (χ4v) is 6.11. The first kappa shape index (κ1) is 24.9. The van der Waals surface area contributed by atoms with Crippen molar-refractivity contribution < 1.29 is 22.8 Å². The van der Waals surface area contributed by atoms with Gasteiger partial charge in [-0.2, -0.15) is 4.31 Å². The maximum Gasteiger partial charge on any atom is 0.274 e. The minimum atomic E-state index is -3.55. The summed E-state index contributed by atoms with van der Waals surface area (Å²) in [4.78, 5) is 20.5. The molecule has 2 fully saturated rings. The summed E-state index contributed by atoms with van der Waals surface area (Å²) in [5.41, 5.74) is 4.00. The van der Waals surface area contributed by atoms with Gasteiger partial charge in [0.2, 0.25) is 10.0 Å². The van der Waals surface area contributed by atoms with E-state index in [2.05, 4.69) is 10.4 Å². The average molecular weight is 510 g/mol. The van der Waals surface area contributed by atoms with Gasteiger partial charge in [-0.15, -0.1) is 0 Å². The number of fused-ring (bicyclic) bond motifs is 1. The third kappa shape index (κ3) is 5.77. The number of carbonyl (C=O) groups is 1. The molecular formula is C27H31N3O5S. The summed E-state index contributed by atoms with van der Waals surface area (Å²) in [7, 11) is -3.55. The Bertz CT molecular complexity index is 1320. The van der Waals surface area contributed by atoms with Crippen LogP contribution in [-0.4, -0.2) is 62.6 Å². The van der Waals surface area contributed by atoms with Crippen molar-refractivity contribution in [2.24, 2.45) is 0 Å². The number of ether oxygens (including phenoxy) is 1. The molecule has 3 aromatic rings. The first-order valence-electron chi connectivity index (χ1n) is 12.4. The maximum absolute atomic E-state index is 13.2. The van der Waals surface area contributed by atoms with Gasteiger partial charge in [0.05, 0.1) is 4.90 Å². The molecule has 2 saturated heterocycles. The monoisotopic (exact) mass is 509 g/mol. The fraction of sp³-hybridized carbons (Fsp3) is 0.370. The van der Waals surface area contributed by atoms with Crippen molar-refractivity contribution in [3.8, 4) is 0 Å². The number of carbonyl (C=O) groups excluding carboxylic acids is 1. The summed E-state index contributed by atoms with van der Waals surface area (Å²) >= 11 is 0. The van der Waals surface area contributed by atoms with Crippen molar-refractivity contribution in [1.29, 1.82) is 0 Å². The lowest BCUT2D eigenvalue weighted by Crippen LogP contribution is -2.48. The molecule has 0 aromatic heterocycles. The van der Waals surface area contributed by atoms with E-state index in [0.29, 0.717) is 49.8 Å². The normalized spacial score (nSPS) is 19.8. The number of sulfonamides is 1. The van der Waals surface area contributed by atoms with Crippen molar-refractivity contribution in [1.82, 2.24) is 14.7 Å². The van der Waals surface area contributed by atoms with Crippen LogP contribution in [0, 0.1) is 0 Å². The molecule has 5 rings (SSSR count). The van der Waals surface area contributed by atoms with Gasteiger partial charge in [-0.1, -0.05) is 42.5 Å². The molecule has 1 atom stereocenters. The highest BCUT2D eigenvalue weighted by atomic mass is 32.2. The van der Waals surface area contributed by atoms with E-state index in [1.165, 1.54) is 0 Å². The van der Waals surface area contributed by atoms with E-state index in [0.717, 1.165) is 35.6 Å². The molecule has 8 nitrogen and oxygen atoms in total. The molecule has 1 unspecified atom stereocenters. The highest BCUT2D eigenvalue weighted by molar-refractivity contribution is 7.89. The number of nitrogens with one attached hydrogen (secondary N) is 1. The van der Waals surface area contributed by atoms with Crippen LogP contribution in [0.3, 0.4) is 0 Å². The van der Waals surface area contributed by atoms with Crippen molar-refractivity contribution in [2.75, 3.05) is 32.8 Å². The Balaban J connectivity index is 1.16. The second-order valence-electron chi connectivity index (χ2n) is 9.23. The summed E-state index contributed by atoms with van der Waals surface area (Å²) in [5.74, 6) is -0.308. The Hall–Kier alpha value is -2.82. The van der Waals surface area contributed by atoms with Crippen LogP contribution < -0.4 is 5.48 Å². The number of amides is 1. The number of rotatable bonds is 7. The van der Waals surface area contributed by atoms with Gasteiger partial charge in [0.1, 0.15) is 0 Å². The summed E-state index contributed by atoms with van der Waals surface area (Å²) in [5, 5.41) is 1.93. The van der Waals surface area contributed by atoms with Crippen LogP contribution in [0.1, 0.15) is 35.2 Å². The van der Waals surface area contributed by atoms with Gasteiger partial charge in [-0.3, -0.25) is 9.69 Å². The van der Waals surface area contributed by atoms with Crippen molar-refractivity contribution in [3.05, 3.63) is 77.9 Å². The highest BCUT2D eigenvalue weighted by Crippen LogP contribution is 2.23. The molecule has 1 N–H and O–H groups in total. The first-order chi connectivity index (χ1) is 17.5. The van der Waals surface area contributed by atoms with Gasteiger partial charge in [0, 0.05) is 51.3 Å². The molecule has 0 spiro atoms. The van der Waals surface area contributed by atoms with Crippen LogP contribution >= 0.6 is 0 Å². The summed E-state index contributed by atoms with van der Waals surface area (Å²) < 4.78 is 33.5. The van der Waals surface area contributed by atoms with Gasteiger partial charge < -0.3 is 4.74 Å². The third-order valence-corrected chi connectivity index (χ3v) is 8.60. The van der Waals surface area contributed by atoms with Crippen LogP contribution in [0.4, 0.5) is 0 Å². The number of hydrogen-bond donors (Lipinski definition) is 1. The predicted octanol–water partition coefficient (Wildman–Crippen LogP) is 3.53. The van der Waals surface area contributed by atoms with E-state index >= 15 is 0 Å². The Morgan fingerprint density at radius 1 is 0.944 bits per heavy atom. The molecule has 0 bridgehead atoms. The quantitative estimate of drug-likeness (QED) is 0.491. The second-order valence-corrected chi connectivity index (χ2v) is 11.2. The number of nitrogens with zero attached hydrogens (tertiary/aromatic N) is 2. The Labute approximate surface area is 211 Å². The molecule has 0 radical (unpaired) electrons. The maximum atomic E-state index is 13.2. The standard InChI is InChI=1S/C27H31N3O5S/c31-27(28-35-26-10-3-4-17-34-26)24-9-5-6-21(18-24)20-29-13-15-30(16-14-29)36(32,33)25-12-11-22-7-1-2-8-23(22)19-25/h1-2,5-9,11-12,18-19,26H,3-4,10,13-17,20H2,(H,28,31). The van der Waals surface area contributed by atoms with E-state index in [4.69, 9.17) is 9.57 Å². The predicted molar refractivity (Wildman–Crippen MR) is 137 cm³/mol. The zero-order valence-corrected chi connectivity index (χ0v) is 21.0. The molecule has 1 amide bonds. The molecule has 2 aliphatic heterocycles. The molecule has 36 heavy (non-hydrogen) atoms. The Morgan fingerprint density at radius 2 is 1.75 bits per heavy atom. The number of hydroxylamine groups is 1. The van der Waals surface area contributed by atoms with E-state index in [-0.39, 0.29) is 5.91 Å². The summed E-state index contributed by atoms with van der Waals surface area (Å²) in [6, 6.07) is 20.5. The minimum absolute atomic E-state index is 0.308. The summed E-state index contributed by atoms with van der Waals surface area (Å²) in [6.45, 7) is 3.36. The molecule has 9 heteroatoms. The van der Waals surface area contributed by atoms with Crippen LogP contribution in [0.2, 0.25) is 0 Å². The molecule has 0 aliphatic carbocycles. The zero-order chi connectivity index (χ0) is 25.0. The molecule has 2 heterocycles. The van der Waals surface area contributed by atoms with Gasteiger partial charge in [-0.25, -0.2) is 18.7 Å². The van der Waals surface area contributed by atoms with Gasteiger partial charge in [-0.05, 0) is 53.4 Å². The lowest BCUT2D eigenvalue weighted by Gasteiger charge is -2.34. The van der Waals surface area contributed by atoms with Crippen LogP contribution in [0.25, 0.3) is 10.8 Å². The van der Waals surface area contributed by atoms with Crippen LogP contribution in [0.5, 0.6) is 0 Å². The van der Waals surface area contributed by atoms with E-state index in [1.807, 2.05) is 48.5 Å². The molecule has 190 valence electrons. The van der Waals surface area contributed by atoms with Gasteiger partial charge in [0.25, 0.3) is 5.91 Å². The van der Waals surface area contributed by atoms with Gasteiger partial charge in [0.15, 0.2) is 6.29 Å². The van der Waals surface area contributed by atoms with E-state index in [1.54, 1.807) is 22.5 Å². The van der Waals surface area contributed by atoms with Crippen LogP contribution in [0.15, 0.2) is 71.6 Å². The van der Waals surface area contributed by atoms with Crippen molar-refractivity contribution in [3.63, 3.8) is 0 Å². The SMILES string of the molecule is O=C(NOC1CCCCO1)c1cccc(CN2CCN(S(=O)(=O)c3ccc4ccccc4c3)CC2)c1. The number of piperazine rings is 1. The Kier molecular flexibility index (Phi) is 7.64. The first-order valence-corrected chi connectivity index (χ1v) is 13.8. The number of hydrogen-bond acceptors (Lipinski definition) is 6. The van der Waals surface area contributed by atoms with Crippen molar-refractivity contribution >= 4 is 26.7 Å². The lowest BCUT2D eigenvalue weighted by atomic mass is 10.1. The smallest absolute Gasteiger partial charge is 0.274 e. The Morgan fingerprint density at radius 3 is 2.53 bits per heavy atom. The molecule has 3 aromatic carbocycles. The highest BCUT2D eigenvalue weighted by Gasteiger charge is 2.28. The lowest BCUT2D eigenvalue weighted by molar-refractivity contribution is -0.186. The van der Waals surface area contributed by atoms with Crippen molar-refractivity contribution in [2.45, 2.75) is 37.0 Å². The number of benzene rings is 3. The zero-order valence-electron chi connectivity index (χ0n) is 20.1. The average Bonchev–Trinajstić information content (AvgIpc) is 2.92. The largest absolute Gasteiger partial charge is 0.350 e. The molecule has 2 aliphatic rings. The van der Waals surface area contributed by atoms with E-state index in [9.17, 15) is 13.2 Å². The molecule has 0 saturated carbocycles. The van der Waals surface area contributed by atoms with E-state index < -0.39 is 16.3 Å². The van der Waals surface area contributed by atoms with Crippen LogP contribution in [-0.2, 0) is 26.1 Å². The second kappa shape index (κ2) is 11.1. The fourth-order valence-electron chi connectivity index (χ4n) is 4.66. The third-order valence-electron chi connectivity index (χ3n) is 6.71. The molecular weight excluding hydrogens is 478 g/mol. The summed E-state index contributed by atoms with van der Waals surface area (Å²) in [6.07, 6.45) is 2.41.